The van der Waals surface area contributed by atoms with E-state index in [1.54, 1.807) is 25.1 Å². The number of aliphatic hydroxyl groups excluding tert-OH is 1. The number of aliphatic hydroxyl groups is 1. The van der Waals surface area contributed by atoms with Crippen molar-refractivity contribution in [3.63, 3.8) is 0 Å². The van der Waals surface area contributed by atoms with Gasteiger partial charge in [-0.1, -0.05) is 24.3 Å². The second-order valence-electron chi connectivity index (χ2n) is 7.59. The SMILES string of the molecule is CC(O)c1ccc(-c2cc(C(F)(F)C(F)(F)F)nc3c2ccc2nc(-c4nnco4)cn23)cc1. The standard InChI is InChI=1S/C22H14F5N5O2/c1-11(33)12-2-4-13(5-3-12)15-8-17(21(23,24)22(25,26)27)30-19-14(15)6-7-18-29-16(9-32(18)19)20-31-28-10-34-20/h2-11,33H,1H3. The largest absolute Gasteiger partial charge is 0.459 e. The molecule has 0 radical (unpaired) electrons. The lowest BCUT2D eigenvalue weighted by Gasteiger charge is -2.21. The summed E-state index contributed by atoms with van der Waals surface area (Å²) in [5.74, 6) is -5.16. The molecule has 5 aromatic rings. The minimum absolute atomic E-state index is 0.0440. The molecule has 4 aromatic heterocycles. The lowest BCUT2D eigenvalue weighted by Crippen LogP contribution is -2.34. The molecular weight excluding hydrogens is 461 g/mol. The van der Waals surface area contributed by atoms with Gasteiger partial charge in [-0.3, -0.25) is 4.40 Å². The van der Waals surface area contributed by atoms with Gasteiger partial charge in [-0.15, -0.1) is 10.2 Å². The predicted molar refractivity (Wildman–Crippen MR) is 110 cm³/mol. The molecule has 7 nitrogen and oxygen atoms in total. The van der Waals surface area contributed by atoms with E-state index < -0.39 is 23.9 Å². The van der Waals surface area contributed by atoms with Crippen LogP contribution in [-0.4, -0.2) is 35.8 Å². The molecule has 12 heteroatoms. The van der Waals surface area contributed by atoms with Crippen molar-refractivity contribution in [1.29, 1.82) is 0 Å². The van der Waals surface area contributed by atoms with Crippen LogP contribution >= 0.6 is 0 Å². The highest BCUT2D eigenvalue weighted by Gasteiger charge is 2.60. The zero-order chi connectivity index (χ0) is 24.3. The highest BCUT2D eigenvalue weighted by Crippen LogP contribution is 2.45. The first-order valence-corrected chi connectivity index (χ1v) is 9.89. The third-order valence-corrected chi connectivity index (χ3v) is 5.36. The maximum Gasteiger partial charge on any atom is 0.459 e. The van der Waals surface area contributed by atoms with Gasteiger partial charge in [0.1, 0.15) is 22.7 Å². The molecule has 0 aliphatic heterocycles. The topological polar surface area (TPSA) is 89.3 Å². The molecule has 0 saturated carbocycles. The summed E-state index contributed by atoms with van der Waals surface area (Å²) in [5, 5.41) is 17.3. The van der Waals surface area contributed by atoms with Gasteiger partial charge in [-0.2, -0.15) is 22.0 Å². The summed E-state index contributed by atoms with van der Waals surface area (Å²) in [6.45, 7) is 1.55. The van der Waals surface area contributed by atoms with E-state index in [-0.39, 0.29) is 28.4 Å². The van der Waals surface area contributed by atoms with E-state index >= 15 is 0 Å². The number of alkyl halides is 5. The Kier molecular flexibility index (Phi) is 4.86. The molecule has 1 aromatic carbocycles. The number of benzene rings is 1. The number of pyridine rings is 2. The number of imidazole rings is 1. The predicted octanol–water partition coefficient (Wildman–Crippen LogP) is 5.31. The third kappa shape index (κ3) is 3.46. The Balaban J connectivity index is 1.81. The summed E-state index contributed by atoms with van der Waals surface area (Å²) >= 11 is 0. The first kappa shape index (κ1) is 21.9. The molecule has 0 fully saturated rings. The Bertz CT molecular complexity index is 1490. The van der Waals surface area contributed by atoms with Gasteiger partial charge in [-0.25, -0.2) is 9.97 Å². The van der Waals surface area contributed by atoms with E-state index in [1.165, 1.54) is 28.8 Å². The highest BCUT2D eigenvalue weighted by atomic mass is 19.4. The molecule has 1 unspecified atom stereocenters. The third-order valence-electron chi connectivity index (χ3n) is 5.36. The van der Waals surface area contributed by atoms with Crippen molar-refractivity contribution in [1.82, 2.24) is 24.6 Å². The van der Waals surface area contributed by atoms with Crippen LogP contribution in [-0.2, 0) is 5.92 Å². The van der Waals surface area contributed by atoms with E-state index in [1.807, 2.05) is 0 Å². The molecular formula is C22H14F5N5O2. The number of aromatic nitrogens is 5. The first-order valence-electron chi connectivity index (χ1n) is 9.89. The molecule has 34 heavy (non-hydrogen) atoms. The van der Waals surface area contributed by atoms with Crippen molar-refractivity contribution < 1.29 is 31.5 Å². The van der Waals surface area contributed by atoms with E-state index in [4.69, 9.17) is 4.42 Å². The molecule has 5 rings (SSSR count). The van der Waals surface area contributed by atoms with Crippen molar-refractivity contribution in [2.24, 2.45) is 0 Å². The highest BCUT2D eigenvalue weighted by molar-refractivity contribution is 5.94. The molecule has 0 aliphatic rings. The van der Waals surface area contributed by atoms with Crippen LogP contribution in [0.5, 0.6) is 0 Å². The van der Waals surface area contributed by atoms with Crippen molar-refractivity contribution in [2.45, 2.75) is 25.1 Å². The van der Waals surface area contributed by atoms with Crippen molar-refractivity contribution in [2.75, 3.05) is 0 Å². The van der Waals surface area contributed by atoms with Crippen LogP contribution in [0, 0.1) is 0 Å². The molecule has 0 amide bonds. The maximum atomic E-state index is 14.4. The Morgan fingerprint density at radius 3 is 2.35 bits per heavy atom. The maximum absolute atomic E-state index is 14.4. The van der Waals surface area contributed by atoms with E-state index in [0.717, 1.165) is 12.5 Å². The van der Waals surface area contributed by atoms with Crippen molar-refractivity contribution in [3.05, 3.63) is 66.3 Å². The summed E-state index contributed by atoms with van der Waals surface area (Å²) in [6, 6.07) is 10.0. The summed E-state index contributed by atoms with van der Waals surface area (Å²) < 4.78 is 74.9. The van der Waals surface area contributed by atoms with Gasteiger partial charge in [0.25, 0.3) is 5.89 Å². The average Bonchev–Trinajstić information content (AvgIpc) is 3.47. The van der Waals surface area contributed by atoms with Crippen LogP contribution < -0.4 is 0 Å². The Hall–Kier alpha value is -3.93. The molecule has 0 saturated heterocycles. The molecule has 0 spiro atoms. The van der Waals surface area contributed by atoms with E-state index in [9.17, 15) is 27.1 Å². The van der Waals surface area contributed by atoms with Crippen molar-refractivity contribution in [3.8, 4) is 22.7 Å². The Labute approximate surface area is 187 Å². The Morgan fingerprint density at radius 1 is 1.00 bits per heavy atom. The number of nitrogens with zero attached hydrogens (tertiary/aromatic N) is 5. The Morgan fingerprint density at radius 2 is 1.74 bits per heavy atom. The van der Waals surface area contributed by atoms with Gasteiger partial charge in [0.2, 0.25) is 6.39 Å². The van der Waals surface area contributed by atoms with Crippen LogP contribution in [0.15, 0.2) is 59.5 Å². The van der Waals surface area contributed by atoms with Crippen LogP contribution in [0.2, 0.25) is 0 Å². The van der Waals surface area contributed by atoms with Gasteiger partial charge in [-0.05, 0) is 41.8 Å². The van der Waals surface area contributed by atoms with Gasteiger partial charge in [0.15, 0.2) is 0 Å². The number of fused-ring (bicyclic) bond motifs is 3. The smallest absolute Gasteiger partial charge is 0.422 e. The van der Waals surface area contributed by atoms with Crippen LogP contribution in [0.3, 0.4) is 0 Å². The minimum Gasteiger partial charge on any atom is -0.422 e. The van der Waals surface area contributed by atoms with Crippen molar-refractivity contribution >= 4 is 16.7 Å². The monoisotopic (exact) mass is 475 g/mol. The fourth-order valence-electron chi connectivity index (χ4n) is 3.60. The molecule has 0 bridgehead atoms. The summed E-state index contributed by atoms with van der Waals surface area (Å²) in [6.07, 6.45) is -4.18. The molecule has 0 aliphatic carbocycles. The van der Waals surface area contributed by atoms with Gasteiger partial charge in [0.05, 0.1) is 6.10 Å². The second kappa shape index (κ2) is 7.55. The number of rotatable bonds is 4. The van der Waals surface area contributed by atoms with Crippen LogP contribution in [0.25, 0.3) is 39.4 Å². The second-order valence-corrected chi connectivity index (χ2v) is 7.59. The van der Waals surface area contributed by atoms with Gasteiger partial charge < -0.3 is 9.52 Å². The average molecular weight is 475 g/mol. The number of halogens is 5. The minimum atomic E-state index is -5.85. The summed E-state index contributed by atoms with van der Waals surface area (Å²) in [7, 11) is 0. The summed E-state index contributed by atoms with van der Waals surface area (Å²) in [4.78, 5) is 7.98. The van der Waals surface area contributed by atoms with Crippen LogP contribution in [0.1, 0.15) is 24.3 Å². The molecule has 4 heterocycles. The lowest BCUT2D eigenvalue weighted by atomic mass is 9.98. The van der Waals surface area contributed by atoms with E-state index in [2.05, 4.69) is 20.2 Å². The molecule has 174 valence electrons. The molecule has 1 atom stereocenters. The fourth-order valence-corrected chi connectivity index (χ4v) is 3.60. The number of hydrogen-bond donors (Lipinski definition) is 1. The van der Waals surface area contributed by atoms with Gasteiger partial charge >= 0.3 is 12.1 Å². The normalized spacial score (nSPS) is 13.6. The van der Waals surface area contributed by atoms with E-state index in [0.29, 0.717) is 16.5 Å². The fraction of sp³-hybridized carbons (Fsp3) is 0.182. The summed E-state index contributed by atoms with van der Waals surface area (Å²) in [5.41, 5.74) is -0.152. The molecule has 1 N–H and O–H groups in total. The van der Waals surface area contributed by atoms with Gasteiger partial charge in [0, 0.05) is 11.6 Å². The lowest BCUT2D eigenvalue weighted by molar-refractivity contribution is -0.290. The first-order chi connectivity index (χ1) is 16.1. The zero-order valence-corrected chi connectivity index (χ0v) is 17.3. The number of hydrogen-bond acceptors (Lipinski definition) is 6. The quantitative estimate of drug-likeness (QED) is 0.355. The zero-order valence-electron chi connectivity index (χ0n) is 17.3. The van der Waals surface area contributed by atoms with Crippen LogP contribution in [0.4, 0.5) is 22.0 Å².